The summed E-state index contributed by atoms with van der Waals surface area (Å²) in [6, 6.07) is 0. The van der Waals surface area contributed by atoms with E-state index >= 15 is 0 Å². The molecule has 7 atom stereocenters. The number of hydrogen-bond donors (Lipinski definition) is 0. The quantitative estimate of drug-likeness (QED) is 0.220. The first-order chi connectivity index (χ1) is 14.5. The Balaban J connectivity index is 1.78. The van der Waals surface area contributed by atoms with Gasteiger partial charge in [0.25, 0.3) is 0 Å². The molecule has 0 N–H and O–H groups in total. The van der Waals surface area contributed by atoms with Crippen LogP contribution >= 0.6 is 0 Å². The van der Waals surface area contributed by atoms with E-state index in [0.29, 0.717) is 0 Å². The van der Waals surface area contributed by atoms with E-state index in [-0.39, 0.29) is 0 Å². The Bertz CT molecular complexity index is 420. The topological polar surface area (TPSA) is 0 Å². The number of rotatable bonds is 17. The average molecular weight is 419 g/mol. The maximum Gasteiger partial charge on any atom is -0.0324 e. The zero-order valence-electron chi connectivity index (χ0n) is 21.9. The van der Waals surface area contributed by atoms with Gasteiger partial charge in [0, 0.05) is 0 Å². The standard InChI is InChI=1S/C30H58/c1-7-13-23(4)15-12-18-27(30-28(9-3)29(30)14-8-2)22-20-24(5)19-21-25(6)26-16-10-11-17-26/h23-30H,7-22H2,1-6H3. The molecule has 2 saturated carbocycles. The fraction of sp³-hybridized carbons (Fsp3) is 1.00. The molecule has 0 spiro atoms. The van der Waals surface area contributed by atoms with Crippen LogP contribution in [0.1, 0.15) is 144 Å². The molecular formula is C30H58. The molecule has 0 heteroatoms. The molecule has 0 aromatic heterocycles. The van der Waals surface area contributed by atoms with Crippen molar-refractivity contribution in [1.29, 1.82) is 0 Å². The van der Waals surface area contributed by atoms with Gasteiger partial charge < -0.3 is 0 Å². The first kappa shape index (κ1) is 26.3. The first-order valence-corrected chi connectivity index (χ1v) is 14.5. The van der Waals surface area contributed by atoms with Crippen molar-refractivity contribution in [3.8, 4) is 0 Å². The van der Waals surface area contributed by atoms with Crippen molar-refractivity contribution in [3.63, 3.8) is 0 Å². The van der Waals surface area contributed by atoms with Gasteiger partial charge in [-0.1, -0.05) is 138 Å². The van der Waals surface area contributed by atoms with Crippen molar-refractivity contribution in [2.45, 2.75) is 144 Å². The fourth-order valence-electron chi connectivity index (χ4n) is 7.34. The lowest BCUT2D eigenvalue weighted by molar-refractivity contribution is 0.281. The summed E-state index contributed by atoms with van der Waals surface area (Å²) >= 11 is 0. The van der Waals surface area contributed by atoms with Crippen LogP contribution in [0.2, 0.25) is 0 Å². The van der Waals surface area contributed by atoms with E-state index in [2.05, 4.69) is 41.5 Å². The second-order valence-electron chi connectivity index (χ2n) is 12.0. The second-order valence-corrected chi connectivity index (χ2v) is 12.0. The fourth-order valence-corrected chi connectivity index (χ4v) is 7.34. The normalized spacial score (nSPS) is 28.4. The Morgan fingerprint density at radius 3 is 1.97 bits per heavy atom. The third kappa shape index (κ3) is 8.50. The summed E-state index contributed by atoms with van der Waals surface area (Å²) in [5, 5.41) is 0. The molecular weight excluding hydrogens is 360 g/mol. The van der Waals surface area contributed by atoms with Gasteiger partial charge >= 0.3 is 0 Å². The van der Waals surface area contributed by atoms with E-state index in [9.17, 15) is 0 Å². The molecule has 7 unspecified atom stereocenters. The minimum atomic E-state index is 0.943. The molecule has 0 heterocycles. The minimum absolute atomic E-state index is 0.943. The monoisotopic (exact) mass is 418 g/mol. The molecule has 0 bridgehead atoms. The van der Waals surface area contributed by atoms with E-state index in [1.165, 1.54) is 103 Å². The lowest BCUT2D eigenvalue weighted by atomic mass is 9.82. The molecule has 0 radical (unpaired) electrons. The minimum Gasteiger partial charge on any atom is -0.0654 e. The Morgan fingerprint density at radius 2 is 1.33 bits per heavy atom. The summed E-state index contributed by atoms with van der Waals surface area (Å²) in [4.78, 5) is 0. The van der Waals surface area contributed by atoms with Crippen LogP contribution in [0.15, 0.2) is 0 Å². The largest absolute Gasteiger partial charge is 0.0654 e. The molecule has 0 aromatic carbocycles. The molecule has 0 saturated heterocycles. The van der Waals surface area contributed by atoms with Crippen molar-refractivity contribution >= 4 is 0 Å². The molecule has 2 aliphatic carbocycles. The molecule has 0 aliphatic heterocycles. The average Bonchev–Trinajstić information content (AvgIpc) is 3.13. The SMILES string of the molecule is CCCC(C)CCCC(CCC(C)CCC(C)C1CCCC1)C1C(CC)C1CCC. The molecule has 2 aliphatic rings. The highest BCUT2D eigenvalue weighted by Crippen LogP contribution is 2.57. The second kappa shape index (κ2) is 14.2. The van der Waals surface area contributed by atoms with E-state index in [1.807, 2.05) is 0 Å². The van der Waals surface area contributed by atoms with Crippen molar-refractivity contribution in [3.05, 3.63) is 0 Å². The van der Waals surface area contributed by atoms with E-state index in [0.717, 1.165) is 47.3 Å². The molecule has 0 amide bonds. The van der Waals surface area contributed by atoms with Crippen molar-refractivity contribution in [1.82, 2.24) is 0 Å². The summed E-state index contributed by atoms with van der Waals surface area (Å²) in [5.41, 5.74) is 0. The zero-order chi connectivity index (χ0) is 21.9. The van der Waals surface area contributed by atoms with Gasteiger partial charge in [-0.25, -0.2) is 0 Å². The van der Waals surface area contributed by atoms with Crippen LogP contribution in [-0.2, 0) is 0 Å². The third-order valence-electron chi connectivity index (χ3n) is 9.44. The van der Waals surface area contributed by atoms with Crippen LogP contribution in [-0.4, -0.2) is 0 Å². The van der Waals surface area contributed by atoms with Crippen molar-refractivity contribution in [2.75, 3.05) is 0 Å². The predicted molar refractivity (Wildman–Crippen MR) is 136 cm³/mol. The Labute approximate surface area is 191 Å². The zero-order valence-corrected chi connectivity index (χ0v) is 21.9. The van der Waals surface area contributed by atoms with Gasteiger partial charge in [-0.2, -0.15) is 0 Å². The highest BCUT2D eigenvalue weighted by molar-refractivity contribution is 4.99. The first-order valence-electron chi connectivity index (χ1n) is 14.5. The molecule has 30 heavy (non-hydrogen) atoms. The van der Waals surface area contributed by atoms with Crippen LogP contribution in [0.3, 0.4) is 0 Å². The summed E-state index contributed by atoms with van der Waals surface area (Å²) in [7, 11) is 0. The highest BCUT2D eigenvalue weighted by atomic mass is 14.6. The molecule has 0 nitrogen and oxygen atoms in total. The smallest absolute Gasteiger partial charge is 0.0324 e. The molecule has 2 rings (SSSR count). The molecule has 178 valence electrons. The Kier molecular flexibility index (Phi) is 12.4. The molecule has 0 aromatic rings. The summed E-state index contributed by atoms with van der Waals surface area (Å²) in [5.74, 6) is 8.19. The van der Waals surface area contributed by atoms with E-state index in [1.54, 1.807) is 0 Å². The van der Waals surface area contributed by atoms with Gasteiger partial charge in [-0.3, -0.25) is 0 Å². The predicted octanol–water partition coefficient (Wildman–Crippen LogP) is 10.3. The Hall–Kier alpha value is 0. The van der Waals surface area contributed by atoms with Crippen LogP contribution in [0.4, 0.5) is 0 Å². The van der Waals surface area contributed by atoms with Gasteiger partial charge in [-0.05, 0) is 53.8 Å². The summed E-state index contributed by atoms with van der Waals surface area (Å²) in [6.07, 6.45) is 23.7. The molecule has 2 fully saturated rings. The maximum atomic E-state index is 2.56. The van der Waals surface area contributed by atoms with E-state index < -0.39 is 0 Å². The van der Waals surface area contributed by atoms with Gasteiger partial charge in [-0.15, -0.1) is 0 Å². The Morgan fingerprint density at radius 1 is 0.667 bits per heavy atom. The van der Waals surface area contributed by atoms with Gasteiger partial charge in [0.2, 0.25) is 0 Å². The highest BCUT2D eigenvalue weighted by Gasteiger charge is 2.50. The van der Waals surface area contributed by atoms with E-state index in [4.69, 9.17) is 0 Å². The van der Waals surface area contributed by atoms with Crippen molar-refractivity contribution in [2.24, 2.45) is 47.3 Å². The maximum absolute atomic E-state index is 2.56. The van der Waals surface area contributed by atoms with Crippen LogP contribution in [0, 0.1) is 47.3 Å². The lowest BCUT2D eigenvalue weighted by Crippen LogP contribution is -2.12. The van der Waals surface area contributed by atoms with Gasteiger partial charge in [0.15, 0.2) is 0 Å². The third-order valence-corrected chi connectivity index (χ3v) is 9.44. The lowest BCUT2D eigenvalue weighted by Gasteiger charge is -2.23. The van der Waals surface area contributed by atoms with Crippen LogP contribution in [0.25, 0.3) is 0 Å². The number of hydrogen-bond acceptors (Lipinski definition) is 0. The van der Waals surface area contributed by atoms with Gasteiger partial charge in [0.1, 0.15) is 0 Å². The summed E-state index contributed by atoms with van der Waals surface area (Å²) < 4.78 is 0. The van der Waals surface area contributed by atoms with Crippen LogP contribution in [0.5, 0.6) is 0 Å². The van der Waals surface area contributed by atoms with Crippen molar-refractivity contribution < 1.29 is 0 Å². The summed E-state index contributed by atoms with van der Waals surface area (Å²) in [6.45, 7) is 14.8. The van der Waals surface area contributed by atoms with Gasteiger partial charge in [0.05, 0.1) is 0 Å². The van der Waals surface area contributed by atoms with Crippen LogP contribution < -0.4 is 0 Å².